The van der Waals surface area contributed by atoms with E-state index in [1.165, 1.54) is 16.7 Å². The summed E-state index contributed by atoms with van der Waals surface area (Å²) in [5.41, 5.74) is 4.10. The Morgan fingerprint density at radius 1 is 0.800 bits per heavy atom. The van der Waals surface area contributed by atoms with Crippen LogP contribution >= 0.6 is 0 Å². The van der Waals surface area contributed by atoms with Crippen molar-refractivity contribution in [1.29, 1.82) is 0 Å². The third-order valence-electron chi connectivity index (χ3n) is 2.84. The van der Waals surface area contributed by atoms with E-state index in [1.807, 2.05) is 0 Å². The number of aryl methyl sites for hydroxylation is 1. The van der Waals surface area contributed by atoms with Gasteiger partial charge in [-0.15, -0.1) is 0 Å². The molecule has 15 heavy (non-hydrogen) atoms. The topological polar surface area (TPSA) is 0 Å². The molecule has 0 aromatic heterocycles. The molecule has 76 valence electrons. The molecule has 0 amide bonds. The Morgan fingerprint density at radius 3 is 2.13 bits per heavy atom. The van der Waals surface area contributed by atoms with Crippen LogP contribution in [0.5, 0.6) is 0 Å². The van der Waals surface area contributed by atoms with Gasteiger partial charge in [0.1, 0.15) is 0 Å². The molecule has 0 saturated carbocycles. The predicted octanol–water partition coefficient (Wildman–Crippen LogP) is 4.15. The van der Waals surface area contributed by atoms with Gasteiger partial charge in [0.05, 0.1) is 0 Å². The number of rotatable bonds is 2. The Morgan fingerprint density at radius 2 is 1.47 bits per heavy atom. The van der Waals surface area contributed by atoms with E-state index in [4.69, 9.17) is 0 Å². The molecule has 0 aliphatic carbocycles. The smallest absolute Gasteiger partial charge is 0.00611 e. The van der Waals surface area contributed by atoms with Gasteiger partial charge in [-0.2, -0.15) is 0 Å². The van der Waals surface area contributed by atoms with Crippen molar-refractivity contribution in [3.8, 4) is 0 Å². The van der Waals surface area contributed by atoms with Crippen molar-refractivity contribution in [2.24, 2.45) is 0 Å². The molecule has 0 nitrogen and oxygen atoms in total. The van der Waals surface area contributed by atoms with Crippen LogP contribution in [0, 0.1) is 6.92 Å². The maximum atomic E-state index is 2.26. The maximum absolute atomic E-state index is 2.26. The summed E-state index contributed by atoms with van der Waals surface area (Å²) in [6.45, 7) is 4.39. The van der Waals surface area contributed by atoms with Gasteiger partial charge in [0.25, 0.3) is 0 Å². The van der Waals surface area contributed by atoms with Gasteiger partial charge in [-0.1, -0.05) is 67.1 Å². The van der Waals surface area contributed by atoms with Gasteiger partial charge in [-0.3, -0.25) is 0 Å². The molecule has 0 spiro atoms. The fourth-order valence-electron chi connectivity index (χ4n) is 1.87. The minimum atomic E-state index is 0.478. The normalized spacial score (nSPS) is 12.4. The zero-order chi connectivity index (χ0) is 10.7. The van der Waals surface area contributed by atoms with Crippen molar-refractivity contribution < 1.29 is 0 Å². The Hall–Kier alpha value is -1.56. The van der Waals surface area contributed by atoms with E-state index in [2.05, 4.69) is 68.4 Å². The van der Waals surface area contributed by atoms with Crippen LogP contribution in [0.15, 0.2) is 54.6 Å². The molecule has 0 fully saturated rings. The van der Waals surface area contributed by atoms with Gasteiger partial charge in [0.2, 0.25) is 0 Å². The number of hydrogen-bond acceptors (Lipinski definition) is 0. The molecule has 2 rings (SSSR count). The summed E-state index contributed by atoms with van der Waals surface area (Å²) >= 11 is 0. The van der Waals surface area contributed by atoms with E-state index in [0.717, 1.165) is 0 Å². The molecular formula is C15H16. The molecular weight excluding hydrogens is 180 g/mol. The largest absolute Gasteiger partial charge is 0.0622 e. The number of hydrogen-bond donors (Lipinski definition) is 0. The van der Waals surface area contributed by atoms with Crippen molar-refractivity contribution in [3.05, 3.63) is 71.3 Å². The van der Waals surface area contributed by atoms with Gasteiger partial charge in [-0.25, -0.2) is 0 Å². The Balaban J connectivity index is 2.32. The van der Waals surface area contributed by atoms with Gasteiger partial charge in [0, 0.05) is 5.92 Å². The summed E-state index contributed by atoms with van der Waals surface area (Å²) in [5.74, 6) is 0.478. The quantitative estimate of drug-likeness (QED) is 0.677. The van der Waals surface area contributed by atoms with Crippen LogP contribution in [-0.2, 0) is 0 Å². The first-order valence-corrected chi connectivity index (χ1v) is 5.39. The highest BCUT2D eigenvalue weighted by atomic mass is 14.1. The molecule has 2 aromatic carbocycles. The van der Waals surface area contributed by atoms with Crippen LogP contribution in [0.1, 0.15) is 29.5 Å². The average Bonchev–Trinajstić information content (AvgIpc) is 2.29. The lowest BCUT2D eigenvalue weighted by Gasteiger charge is -2.12. The lowest BCUT2D eigenvalue weighted by molar-refractivity contribution is 0.920. The van der Waals surface area contributed by atoms with Crippen LogP contribution in [0.2, 0.25) is 0 Å². The Labute approximate surface area is 91.6 Å². The summed E-state index contributed by atoms with van der Waals surface area (Å²) in [7, 11) is 0. The molecule has 0 unspecified atom stereocenters. The van der Waals surface area contributed by atoms with Crippen molar-refractivity contribution in [2.75, 3.05) is 0 Å². The Kier molecular flexibility index (Phi) is 2.86. The molecule has 0 aliphatic rings. The molecule has 0 heterocycles. The second-order valence-corrected chi connectivity index (χ2v) is 4.05. The van der Waals surface area contributed by atoms with Gasteiger partial charge < -0.3 is 0 Å². The monoisotopic (exact) mass is 196 g/mol. The van der Waals surface area contributed by atoms with E-state index in [1.54, 1.807) is 0 Å². The SMILES string of the molecule is Cc1cccc([C@H](C)c2ccccc2)c1. The zero-order valence-corrected chi connectivity index (χ0v) is 9.27. The predicted molar refractivity (Wildman–Crippen MR) is 65.1 cm³/mol. The fourth-order valence-corrected chi connectivity index (χ4v) is 1.87. The molecule has 0 saturated heterocycles. The second-order valence-electron chi connectivity index (χ2n) is 4.05. The third-order valence-corrected chi connectivity index (χ3v) is 2.84. The first-order chi connectivity index (χ1) is 7.27. The number of benzene rings is 2. The highest BCUT2D eigenvalue weighted by Crippen LogP contribution is 2.24. The van der Waals surface area contributed by atoms with E-state index >= 15 is 0 Å². The lowest BCUT2D eigenvalue weighted by Crippen LogP contribution is -1.95. The van der Waals surface area contributed by atoms with Crippen molar-refractivity contribution in [2.45, 2.75) is 19.8 Å². The summed E-state index contributed by atoms with van der Waals surface area (Å²) in [6, 6.07) is 19.4. The summed E-state index contributed by atoms with van der Waals surface area (Å²) in [4.78, 5) is 0. The molecule has 0 aliphatic heterocycles. The summed E-state index contributed by atoms with van der Waals surface area (Å²) in [6.07, 6.45) is 0. The zero-order valence-electron chi connectivity index (χ0n) is 9.27. The van der Waals surface area contributed by atoms with E-state index in [0.29, 0.717) is 5.92 Å². The summed E-state index contributed by atoms with van der Waals surface area (Å²) in [5, 5.41) is 0. The van der Waals surface area contributed by atoms with Gasteiger partial charge >= 0.3 is 0 Å². The van der Waals surface area contributed by atoms with E-state index in [9.17, 15) is 0 Å². The average molecular weight is 196 g/mol. The third kappa shape index (κ3) is 2.27. The van der Waals surface area contributed by atoms with Crippen LogP contribution in [0.25, 0.3) is 0 Å². The molecule has 0 N–H and O–H groups in total. The molecule has 0 radical (unpaired) electrons. The van der Waals surface area contributed by atoms with Crippen LogP contribution in [0.3, 0.4) is 0 Å². The first-order valence-electron chi connectivity index (χ1n) is 5.39. The van der Waals surface area contributed by atoms with Crippen molar-refractivity contribution in [1.82, 2.24) is 0 Å². The minimum absolute atomic E-state index is 0.478. The fraction of sp³-hybridized carbons (Fsp3) is 0.200. The minimum Gasteiger partial charge on any atom is -0.0622 e. The Bertz CT molecular complexity index is 429. The second kappa shape index (κ2) is 4.31. The van der Waals surface area contributed by atoms with Crippen LogP contribution in [0.4, 0.5) is 0 Å². The first kappa shape index (κ1) is 9.97. The highest BCUT2D eigenvalue weighted by molar-refractivity contribution is 5.33. The van der Waals surface area contributed by atoms with Crippen molar-refractivity contribution >= 4 is 0 Å². The maximum Gasteiger partial charge on any atom is 0.00611 e. The molecule has 0 heteroatoms. The summed E-state index contributed by atoms with van der Waals surface area (Å²) < 4.78 is 0. The lowest BCUT2D eigenvalue weighted by atomic mass is 9.92. The van der Waals surface area contributed by atoms with Crippen molar-refractivity contribution in [3.63, 3.8) is 0 Å². The molecule has 0 bridgehead atoms. The van der Waals surface area contributed by atoms with Crippen LogP contribution < -0.4 is 0 Å². The van der Waals surface area contributed by atoms with Gasteiger partial charge in [0.15, 0.2) is 0 Å². The van der Waals surface area contributed by atoms with Gasteiger partial charge in [-0.05, 0) is 18.1 Å². The highest BCUT2D eigenvalue weighted by Gasteiger charge is 2.06. The molecule has 2 aromatic rings. The van der Waals surface area contributed by atoms with Crippen LogP contribution in [-0.4, -0.2) is 0 Å². The molecule has 1 atom stereocenters. The van der Waals surface area contributed by atoms with E-state index in [-0.39, 0.29) is 0 Å². The standard InChI is InChI=1S/C15H16/c1-12-7-6-10-15(11-12)13(2)14-8-4-3-5-9-14/h3-11,13H,1-2H3/t13-/m1/s1. The van der Waals surface area contributed by atoms with E-state index < -0.39 is 0 Å².